The fourth-order valence-corrected chi connectivity index (χ4v) is 3.60. The predicted octanol–water partition coefficient (Wildman–Crippen LogP) is 2.78. The number of nitrogens with one attached hydrogen (secondary N) is 2. The SMILES string of the molecule is Cc1nc(NS(=O)(=O)c2c[nH]c3cc(Cl)ccc23)ns1. The molecule has 104 valence electrons. The summed E-state index contributed by atoms with van der Waals surface area (Å²) in [7, 11) is -3.74. The van der Waals surface area contributed by atoms with Gasteiger partial charge in [0.15, 0.2) is 0 Å². The average molecular weight is 329 g/mol. The van der Waals surface area contributed by atoms with Crippen LogP contribution in [-0.2, 0) is 10.0 Å². The van der Waals surface area contributed by atoms with Gasteiger partial charge in [-0.2, -0.15) is 4.37 Å². The normalized spacial score (nSPS) is 11.9. The van der Waals surface area contributed by atoms with Crippen molar-refractivity contribution in [2.75, 3.05) is 4.72 Å². The quantitative estimate of drug-likeness (QED) is 0.773. The van der Waals surface area contributed by atoms with Crippen LogP contribution in [0.3, 0.4) is 0 Å². The third kappa shape index (κ3) is 2.37. The lowest BCUT2D eigenvalue weighted by atomic mass is 10.2. The minimum Gasteiger partial charge on any atom is -0.360 e. The van der Waals surface area contributed by atoms with E-state index in [1.54, 1.807) is 25.1 Å². The second-order valence-electron chi connectivity index (χ2n) is 4.09. The fourth-order valence-electron chi connectivity index (χ4n) is 1.81. The second kappa shape index (κ2) is 4.72. The van der Waals surface area contributed by atoms with Gasteiger partial charge in [-0.15, -0.1) is 0 Å². The van der Waals surface area contributed by atoms with Crippen LogP contribution >= 0.6 is 23.1 Å². The summed E-state index contributed by atoms with van der Waals surface area (Å²) in [6.45, 7) is 1.75. The first-order chi connectivity index (χ1) is 9.45. The van der Waals surface area contributed by atoms with Crippen LogP contribution in [0.15, 0.2) is 29.3 Å². The number of aryl methyl sites for hydroxylation is 1. The first-order valence-corrected chi connectivity index (χ1v) is 8.19. The molecule has 0 amide bonds. The number of aromatic nitrogens is 3. The van der Waals surface area contributed by atoms with Gasteiger partial charge < -0.3 is 4.98 Å². The molecule has 1 aromatic carbocycles. The number of hydrogen-bond donors (Lipinski definition) is 2. The van der Waals surface area contributed by atoms with Crippen LogP contribution in [0.2, 0.25) is 5.02 Å². The predicted molar refractivity (Wildman–Crippen MR) is 78.8 cm³/mol. The maximum Gasteiger partial charge on any atom is 0.266 e. The molecule has 9 heteroatoms. The van der Waals surface area contributed by atoms with E-state index in [2.05, 4.69) is 19.1 Å². The topological polar surface area (TPSA) is 87.7 Å². The summed E-state index contributed by atoms with van der Waals surface area (Å²) in [5.74, 6) is 0.0795. The van der Waals surface area contributed by atoms with Gasteiger partial charge in [0.1, 0.15) is 9.90 Å². The maximum absolute atomic E-state index is 12.3. The van der Waals surface area contributed by atoms with Gasteiger partial charge in [0.05, 0.1) is 0 Å². The number of halogens is 1. The molecule has 2 N–H and O–H groups in total. The highest BCUT2D eigenvalue weighted by molar-refractivity contribution is 7.93. The molecule has 2 heterocycles. The van der Waals surface area contributed by atoms with E-state index in [1.165, 1.54) is 6.20 Å². The van der Waals surface area contributed by atoms with E-state index in [-0.39, 0.29) is 10.8 Å². The van der Waals surface area contributed by atoms with Gasteiger partial charge in [-0.05, 0) is 36.7 Å². The van der Waals surface area contributed by atoms with Crippen LogP contribution in [0.25, 0.3) is 10.9 Å². The summed E-state index contributed by atoms with van der Waals surface area (Å²) in [6, 6.07) is 4.96. The molecule has 6 nitrogen and oxygen atoms in total. The van der Waals surface area contributed by atoms with E-state index in [4.69, 9.17) is 11.6 Å². The summed E-state index contributed by atoms with van der Waals surface area (Å²) in [5.41, 5.74) is 0.653. The van der Waals surface area contributed by atoms with Gasteiger partial charge in [-0.1, -0.05) is 11.6 Å². The molecule has 0 bridgehead atoms. The Labute approximate surface area is 124 Å². The molecule has 0 aliphatic heterocycles. The van der Waals surface area contributed by atoms with Crippen LogP contribution in [-0.4, -0.2) is 22.8 Å². The Morgan fingerprint density at radius 3 is 2.90 bits per heavy atom. The molecule has 0 aliphatic carbocycles. The van der Waals surface area contributed by atoms with Crippen molar-refractivity contribution in [3.05, 3.63) is 34.4 Å². The molecular formula is C11H9ClN4O2S2. The van der Waals surface area contributed by atoms with Gasteiger partial charge in [0.25, 0.3) is 10.0 Å². The molecule has 0 radical (unpaired) electrons. The Bertz CT molecular complexity index is 885. The number of nitrogens with zero attached hydrogens (tertiary/aromatic N) is 2. The van der Waals surface area contributed by atoms with Crippen molar-refractivity contribution in [3.63, 3.8) is 0 Å². The third-order valence-corrected chi connectivity index (χ3v) is 4.87. The van der Waals surface area contributed by atoms with Crippen molar-refractivity contribution in [1.82, 2.24) is 14.3 Å². The number of aromatic amines is 1. The molecule has 3 aromatic rings. The summed E-state index contributed by atoms with van der Waals surface area (Å²) < 4.78 is 30.9. The van der Waals surface area contributed by atoms with Crippen molar-refractivity contribution in [1.29, 1.82) is 0 Å². The zero-order chi connectivity index (χ0) is 14.3. The molecule has 0 aliphatic rings. The summed E-state index contributed by atoms with van der Waals surface area (Å²) in [4.78, 5) is 7.01. The van der Waals surface area contributed by atoms with Crippen LogP contribution in [0.5, 0.6) is 0 Å². The van der Waals surface area contributed by atoms with Gasteiger partial charge in [-0.3, -0.25) is 0 Å². The van der Waals surface area contributed by atoms with Crippen LogP contribution in [0.4, 0.5) is 5.95 Å². The molecule has 0 spiro atoms. The largest absolute Gasteiger partial charge is 0.360 e. The van der Waals surface area contributed by atoms with Crippen molar-refractivity contribution in [3.8, 4) is 0 Å². The summed E-state index contributed by atoms with van der Waals surface area (Å²) >= 11 is 7.01. The molecule has 20 heavy (non-hydrogen) atoms. The van der Waals surface area contributed by atoms with Crippen molar-refractivity contribution < 1.29 is 8.42 Å². The molecule has 0 fully saturated rings. The van der Waals surface area contributed by atoms with Crippen LogP contribution < -0.4 is 4.72 Å². The van der Waals surface area contributed by atoms with Gasteiger partial charge >= 0.3 is 0 Å². The van der Waals surface area contributed by atoms with E-state index in [9.17, 15) is 8.42 Å². The molecule has 0 unspecified atom stereocenters. The molecule has 0 atom stereocenters. The number of sulfonamides is 1. The van der Waals surface area contributed by atoms with Crippen molar-refractivity contribution in [2.24, 2.45) is 0 Å². The Kier molecular flexibility index (Phi) is 3.15. The smallest absolute Gasteiger partial charge is 0.266 e. The van der Waals surface area contributed by atoms with Crippen LogP contribution in [0.1, 0.15) is 5.01 Å². The van der Waals surface area contributed by atoms with E-state index in [0.717, 1.165) is 11.5 Å². The zero-order valence-corrected chi connectivity index (χ0v) is 12.6. The minimum atomic E-state index is -3.74. The van der Waals surface area contributed by atoms with Gasteiger partial charge in [0.2, 0.25) is 5.95 Å². The standard InChI is InChI=1S/C11H9ClN4O2S2/c1-6-14-11(15-19-6)16-20(17,18)10-5-13-9-4-7(12)2-3-8(9)10/h2-5,13H,1H3,(H,15,16). The van der Waals surface area contributed by atoms with Gasteiger partial charge in [0, 0.05) is 22.1 Å². The van der Waals surface area contributed by atoms with E-state index < -0.39 is 10.0 Å². The molecule has 0 saturated carbocycles. The highest BCUT2D eigenvalue weighted by Gasteiger charge is 2.20. The minimum absolute atomic E-state index is 0.0795. The first kappa shape index (κ1) is 13.3. The molecule has 3 rings (SSSR count). The lowest BCUT2D eigenvalue weighted by Crippen LogP contribution is -2.13. The first-order valence-electron chi connectivity index (χ1n) is 5.55. The molecule has 0 saturated heterocycles. The van der Waals surface area contributed by atoms with Crippen molar-refractivity contribution in [2.45, 2.75) is 11.8 Å². The number of benzene rings is 1. The van der Waals surface area contributed by atoms with E-state index in [0.29, 0.717) is 20.9 Å². The zero-order valence-electron chi connectivity index (χ0n) is 10.2. The Balaban J connectivity index is 2.05. The maximum atomic E-state index is 12.3. The Morgan fingerprint density at radius 2 is 2.20 bits per heavy atom. The number of H-pyrrole nitrogens is 1. The Hall–Kier alpha value is -1.64. The van der Waals surface area contributed by atoms with Crippen molar-refractivity contribution >= 4 is 50.0 Å². The highest BCUT2D eigenvalue weighted by atomic mass is 35.5. The number of rotatable bonds is 3. The number of hydrogen-bond acceptors (Lipinski definition) is 5. The number of anilines is 1. The van der Waals surface area contributed by atoms with E-state index >= 15 is 0 Å². The Morgan fingerprint density at radius 1 is 1.40 bits per heavy atom. The summed E-state index contributed by atoms with van der Waals surface area (Å²) in [5, 5.41) is 1.79. The van der Waals surface area contributed by atoms with Crippen LogP contribution in [0, 0.1) is 6.92 Å². The highest BCUT2D eigenvalue weighted by Crippen LogP contribution is 2.26. The molecular weight excluding hydrogens is 320 g/mol. The third-order valence-electron chi connectivity index (χ3n) is 2.65. The summed E-state index contributed by atoms with van der Waals surface area (Å²) in [6.07, 6.45) is 1.42. The second-order valence-corrected chi connectivity index (χ2v) is 7.13. The average Bonchev–Trinajstić information content (AvgIpc) is 2.94. The lowest BCUT2D eigenvalue weighted by Gasteiger charge is -2.02. The lowest BCUT2D eigenvalue weighted by molar-refractivity contribution is 0.601. The number of fused-ring (bicyclic) bond motifs is 1. The fraction of sp³-hybridized carbons (Fsp3) is 0.0909. The van der Waals surface area contributed by atoms with E-state index in [1.807, 2.05) is 0 Å². The monoisotopic (exact) mass is 328 g/mol. The van der Waals surface area contributed by atoms with Gasteiger partial charge in [-0.25, -0.2) is 18.1 Å². The molecule has 2 aromatic heterocycles.